The molecule has 0 saturated carbocycles. The minimum atomic E-state index is -0.608. The van der Waals surface area contributed by atoms with Gasteiger partial charge in [0.2, 0.25) is 0 Å². The summed E-state index contributed by atoms with van der Waals surface area (Å²) in [5.74, 6) is -1.03. The van der Waals surface area contributed by atoms with E-state index in [1.165, 1.54) is 12.3 Å². The van der Waals surface area contributed by atoms with Gasteiger partial charge in [0.15, 0.2) is 5.82 Å². The number of hydrogen-bond acceptors (Lipinski definition) is 2. The zero-order valence-electron chi connectivity index (χ0n) is 11.6. The molecule has 1 aromatic carbocycles. The molecule has 0 fully saturated rings. The molecule has 104 valence electrons. The summed E-state index contributed by atoms with van der Waals surface area (Å²) in [6.45, 7) is 3.99. The number of halogens is 1. The molecule has 1 amide bonds. The van der Waals surface area contributed by atoms with Crippen molar-refractivity contribution in [2.24, 2.45) is 0 Å². The number of amides is 1. The van der Waals surface area contributed by atoms with Gasteiger partial charge in [0.1, 0.15) is 0 Å². The Hall–Kier alpha value is -2.23. The Morgan fingerprint density at radius 2 is 2.00 bits per heavy atom. The largest absolute Gasteiger partial charge is 0.345 e. The van der Waals surface area contributed by atoms with E-state index in [2.05, 4.69) is 10.3 Å². The number of aromatic nitrogens is 1. The fourth-order valence-electron chi connectivity index (χ4n) is 2.02. The predicted octanol–water partition coefficient (Wildman–Crippen LogP) is 3.41. The first-order chi connectivity index (χ1) is 9.61. The van der Waals surface area contributed by atoms with Gasteiger partial charge < -0.3 is 5.32 Å². The molecule has 20 heavy (non-hydrogen) atoms. The summed E-state index contributed by atoms with van der Waals surface area (Å²) < 4.78 is 13.5. The highest BCUT2D eigenvalue weighted by Crippen LogP contribution is 2.18. The van der Waals surface area contributed by atoms with Crippen molar-refractivity contribution in [3.05, 3.63) is 65.2 Å². The van der Waals surface area contributed by atoms with Crippen LogP contribution in [-0.2, 0) is 0 Å². The van der Waals surface area contributed by atoms with Crippen LogP contribution in [0.2, 0.25) is 0 Å². The lowest BCUT2D eigenvalue weighted by atomic mass is 10.0. The molecule has 1 aromatic heterocycles. The lowest BCUT2D eigenvalue weighted by Crippen LogP contribution is -2.28. The normalized spacial score (nSPS) is 11.9. The summed E-state index contributed by atoms with van der Waals surface area (Å²) >= 11 is 0. The zero-order chi connectivity index (χ0) is 14.5. The van der Waals surface area contributed by atoms with Crippen molar-refractivity contribution in [1.82, 2.24) is 10.3 Å². The summed E-state index contributed by atoms with van der Waals surface area (Å²) in [5, 5.41) is 2.85. The molecule has 0 saturated heterocycles. The van der Waals surface area contributed by atoms with Crippen LogP contribution in [0.15, 0.2) is 42.7 Å². The average molecular weight is 272 g/mol. The third-order valence-corrected chi connectivity index (χ3v) is 3.21. The van der Waals surface area contributed by atoms with E-state index < -0.39 is 11.7 Å². The van der Waals surface area contributed by atoms with Crippen molar-refractivity contribution in [2.45, 2.75) is 26.3 Å². The van der Waals surface area contributed by atoms with Crippen molar-refractivity contribution < 1.29 is 9.18 Å². The summed E-state index contributed by atoms with van der Waals surface area (Å²) in [6.07, 6.45) is 3.19. The van der Waals surface area contributed by atoms with E-state index in [4.69, 9.17) is 0 Å². The Labute approximate surface area is 117 Å². The zero-order valence-corrected chi connectivity index (χ0v) is 11.6. The van der Waals surface area contributed by atoms with Gasteiger partial charge in [-0.15, -0.1) is 0 Å². The second-order valence-electron chi connectivity index (χ2n) is 4.70. The van der Waals surface area contributed by atoms with Gasteiger partial charge in [0.05, 0.1) is 17.8 Å². The lowest BCUT2D eigenvalue weighted by Gasteiger charge is -2.18. The molecule has 4 heteroatoms. The Morgan fingerprint density at radius 3 is 2.60 bits per heavy atom. The van der Waals surface area contributed by atoms with Crippen molar-refractivity contribution >= 4 is 5.91 Å². The van der Waals surface area contributed by atoms with Gasteiger partial charge in [0.25, 0.3) is 5.91 Å². The maximum absolute atomic E-state index is 13.5. The average Bonchev–Trinajstić information content (AvgIpc) is 2.46. The van der Waals surface area contributed by atoms with E-state index in [9.17, 15) is 9.18 Å². The molecule has 2 rings (SSSR count). The highest BCUT2D eigenvalue weighted by Gasteiger charge is 2.16. The number of carbonyl (C=O) groups excluding carboxylic acids is 1. The molecule has 2 aromatic rings. The second-order valence-corrected chi connectivity index (χ2v) is 4.70. The Morgan fingerprint density at radius 1 is 1.30 bits per heavy atom. The van der Waals surface area contributed by atoms with Gasteiger partial charge in [-0.2, -0.15) is 0 Å². The van der Waals surface area contributed by atoms with Crippen LogP contribution in [0, 0.1) is 12.7 Å². The van der Waals surface area contributed by atoms with Crippen LogP contribution in [0.4, 0.5) is 4.39 Å². The molecular formula is C16H17FN2O. The first-order valence-electron chi connectivity index (χ1n) is 6.58. The monoisotopic (exact) mass is 272 g/mol. The fraction of sp³-hybridized carbons (Fsp3) is 0.250. The number of rotatable bonds is 4. The van der Waals surface area contributed by atoms with Crippen LogP contribution in [0.3, 0.4) is 0 Å². The minimum absolute atomic E-state index is 0.0190. The van der Waals surface area contributed by atoms with E-state index in [1.807, 2.05) is 38.1 Å². The first-order valence-corrected chi connectivity index (χ1v) is 6.58. The molecule has 0 aliphatic carbocycles. The number of nitrogens with one attached hydrogen (secondary N) is 1. The van der Waals surface area contributed by atoms with Crippen LogP contribution >= 0.6 is 0 Å². The molecule has 1 N–H and O–H groups in total. The number of benzene rings is 1. The molecule has 0 aliphatic rings. The molecule has 3 nitrogen and oxygen atoms in total. The number of nitrogens with zero attached hydrogens (tertiary/aromatic N) is 1. The third-order valence-electron chi connectivity index (χ3n) is 3.21. The van der Waals surface area contributed by atoms with Crippen LogP contribution in [-0.4, -0.2) is 10.9 Å². The fourth-order valence-corrected chi connectivity index (χ4v) is 2.02. The number of hydrogen-bond donors (Lipinski definition) is 1. The van der Waals surface area contributed by atoms with Gasteiger partial charge >= 0.3 is 0 Å². The van der Waals surface area contributed by atoms with Crippen LogP contribution in [0.25, 0.3) is 0 Å². The van der Waals surface area contributed by atoms with E-state index in [-0.39, 0.29) is 11.6 Å². The highest BCUT2D eigenvalue weighted by atomic mass is 19.1. The summed E-state index contributed by atoms with van der Waals surface area (Å²) in [7, 11) is 0. The molecule has 0 radical (unpaired) electrons. The van der Waals surface area contributed by atoms with Crippen molar-refractivity contribution in [2.75, 3.05) is 0 Å². The predicted molar refractivity (Wildman–Crippen MR) is 75.9 cm³/mol. The van der Waals surface area contributed by atoms with E-state index in [0.29, 0.717) is 0 Å². The molecular weight excluding hydrogens is 255 g/mol. The van der Waals surface area contributed by atoms with Gasteiger partial charge in [-0.1, -0.05) is 36.8 Å². The Bertz CT molecular complexity index is 596. The summed E-state index contributed by atoms with van der Waals surface area (Å²) in [6, 6.07) is 9.20. The molecule has 1 atom stereocenters. The third kappa shape index (κ3) is 3.20. The first kappa shape index (κ1) is 14.2. The Kier molecular flexibility index (Phi) is 4.45. The van der Waals surface area contributed by atoms with E-state index in [0.717, 1.165) is 23.7 Å². The minimum Gasteiger partial charge on any atom is -0.345 e. The quantitative estimate of drug-likeness (QED) is 0.926. The van der Waals surface area contributed by atoms with Crippen LogP contribution in [0.1, 0.15) is 40.9 Å². The van der Waals surface area contributed by atoms with Gasteiger partial charge in [-0.05, 0) is 25.0 Å². The smallest absolute Gasteiger partial charge is 0.254 e. The van der Waals surface area contributed by atoms with Gasteiger partial charge in [0, 0.05) is 6.20 Å². The number of pyridine rings is 1. The van der Waals surface area contributed by atoms with Gasteiger partial charge in [-0.3, -0.25) is 9.78 Å². The van der Waals surface area contributed by atoms with Crippen molar-refractivity contribution in [3.8, 4) is 0 Å². The molecule has 0 aliphatic heterocycles. The van der Waals surface area contributed by atoms with Crippen molar-refractivity contribution in [1.29, 1.82) is 0 Å². The SMILES string of the molecule is CCC(NC(=O)c1ccncc1F)c1ccc(C)cc1. The lowest BCUT2D eigenvalue weighted by molar-refractivity contribution is 0.0931. The topological polar surface area (TPSA) is 42.0 Å². The molecule has 0 bridgehead atoms. The molecule has 0 spiro atoms. The number of aryl methyl sites for hydroxylation is 1. The number of carbonyl (C=O) groups is 1. The summed E-state index contributed by atoms with van der Waals surface area (Å²) in [5.41, 5.74) is 2.20. The standard InChI is InChI=1S/C16H17FN2O/c1-3-15(12-6-4-11(2)5-7-12)19-16(20)13-8-9-18-10-14(13)17/h4-10,15H,3H2,1-2H3,(H,19,20). The summed E-state index contributed by atoms with van der Waals surface area (Å²) in [4.78, 5) is 15.7. The van der Waals surface area contributed by atoms with Crippen LogP contribution < -0.4 is 5.32 Å². The second kappa shape index (κ2) is 6.28. The van der Waals surface area contributed by atoms with E-state index >= 15 is 0 Å². The maximum atomic E-state index is 13.5. The molecule has 1 unspecified atom stereocenters. The van der Waals surface area contributed by atoms with E-state index in [1.54, 1.807) is 0 Å². The maximum Gasteiger partial charge on any atom is 0.254 e. The molecule has 1 heterocycles. The van der Waals surface area contributed by atoms with Crippen LogP contribution in [0.5, 0.6) is 0 Å². The Balaban J connectivity index is 2.16. The highest BCUT2D eigenvalue weighted by molar-refractivity contribution is 5.94. The van der Waals surface area contributed by atoms with Gasteiger partial charge in [-0.25, -0.2) is 4.39 Å². The van der Waals surface area contributed by atoms with Crippen molar-refractivity contribution in [3.63, 3.8) is 0 Å².